The van der Waals surface area contributed by atoms with Crippen LogP contribution in [0.25, 0.3) is 0 Å². The number of benzene rings is 1. The van der Waals surface area contributed by atoms with E-state index in [-0.39, 0.29) is 0 Å². The van der Waals surface area contributed by atoms with Crippen molar-refractivity contribution in [1.29, 1.82) is 0 Å². The molecule has 0 aromatic heterocycles. The topological polar surface area (TPSA) is 29.3 Å². The van der Waals surface area contributed by atoms with Gasteiger partial charge in [0.1, 0.15) is 0 Å². The van der Waals surface area contributed by atoms with Crippen LogP contribution in [0.5, 0.6) is 0 Å². The number of nitrogens with zero attached hydrogens (tertiary/aromatic N) is 1. The van der Waals surface area contributed by atoms with E-state index in [1.807, 2.05) is 12.1 Å². The zero-order chi connectivity index (χ0) is 13.1. The van der Waals surface area contributed by atoms with Gasteiger partial charge >= 0.3 is 0 Å². The monoisotopic (exact) mass is 286 g/mol. The maximum Gasteiger partial charge on any atom is 0.0595 e. The number of hydrogen-bond acceptors (Lipinski definition) is 2. The molecule has 4 heteroatoms. The van der Waals surface area contributed by atoms with E-state index in [2.05, 4.69) is 17.9 Å². The van der Waals surface area contributed by atoms with Gasteiger partial charge in [-0.25, -0.2) is 0 Å². The largest absolute Gasteiger partial charge is 0.330 e. The summed E-state index contributed by atoms with van der Waals surface area (Å²) in [6.45, 7) is 5.10. The molecule has 1 aromatic rings. The Labute approximate surface area is 119 Å². The van der Waals surface area contributed by atoms with E-state index in [0.717, 1.165) is 19.6 Å². The van der Waals surface area contributed by atoms with Gasteiger partial charge in [0.15, 0.2) is 0 Å². The summed E-state index contributed by atoms with van der Waals surface area (Å²) in [7, 11) is 0. The number of nitrogens with two attached hydrogens (primary N) is 1. The maximum absolute atomic E-state index is 6.13. The molecule has 0 bridgehead atoms. The smallest absolute Gasteiger partial charge is 0.0595 e. The van der Waals surface area contributed by atoms with Crippen LogP contribution in [-0.4, -0.2) is 24.5 Å². The molecule has 1 aromatic carbocycles. The molecule has 18 heavy (non-hydrogen) atoms. The highest BCUT2D eigenvalue weighted by molar-refractivity contribution is 6.42. The van der Waals surface area contributed by atoms with Gasteiger partial charge in [-0.15, -0.1) is 0 Å². The molecule has 0 spiro atoms. The molecule has 2 rings (SSSR count). The van der Waals surface area contributed by atoms with Crippen LogP contribution in [0, 0.1) is 5.92 Å². The van der Waals surface area contributed by atoms with Crippen molar-refractivity contribution in [3.63, 3.8) is 0 Å². The van der Waals surface area contributed by atoms with E-state index in [1.54, 1.807) is 0 Å². The summed E-state index contributed by atoms with van der Waals surface area (Å²) in [5.74, 6) is 0.510. The van der Waals surface area contributed by atoms with E-state index in [1.165, 1.54) is 18.4 Å². The van der Waals surface area contributed by atoms with Crippen molar-refractivity contribution in [2.24, 2.45) is 11.7 Å². The fourth-order valence-corrected chi connectivity index (χ4v) is 3.24. The number of piperidine rings is 1. The van der Waals surface area contributed by atoms with E-state index >= 15 is 0 Å². The molecule has 2 N–H and O–H groups in total. The quantitative estimate of drug-likeness (QED) is 0.918. The first-order valence-corrected chi connectivity index (χ1v) is 7.32. The Bertz CT molecular complexity index is 397. The Hall–Kier alpha value is -0.280. The molecule has 0 aliphatic carbocycles. The lowest BCUT2D eigenvalue weighted by Crippen LogP contribution is -2.41. The number of rotatable bonds is 3. The van der Waals surface area contributed by atoms with Gasteiger partial charge < -0.3 is 5.73 Å². The molecule has 0 radical (unpaired) electrons. The normalized spacial score (nSPS) is 25.3. The van der Waals surface area contributed by atoms with Crippen LogP contribution in [0.15, 0.2) is 18.2 Å². The second-order valence-electron chi connectivity index (χ2n) is 4.88. The van der Waals surface area contributed by atoms with Crippen LogP contribution >= 0.6 is 23.2 Å². The molecule has 1 heterocycles. The van der Waals surface area contributed by atoms with Crippen molar-refractivity contribution >= 4 is 23.2 Å². The summed E-state index contributed by atoms with van der Waals surface area (Å²) in [4.78, 5) is 2.49. The molecule has 1 aliphatic heterocycles. The van der Waals surface area contributed by atoms with Crippen LogP contribution in [-0.2, 0) is 0 Å². The zero-order valence-corrected chi connectivity index (χ0v) is 12.2. The second-order valence-corrected chi connectivity index (χ2v) is 5.70. The summed E-state index contributed by atoms with van der Waals surface area (Å²) < 4.78 is 0. The summed E-state index contributed by atoms with van der Waals surface area (Å²) >= 11 is 12.1. The number of hydrogen-bond donors (Lipinski definition) is 1. The minimum Gasteiger partial charge on any atom is -0.330 e. The first-order chi connectivity index (χ1) is 8.67. The van der Waals surface area contributed by atoms with Crippen molar-refractivity contribution in [1.82, 2.24) is 4.90 Å². The van der Waals surface area contributed by atoms with Gasteiger partial charge in [-0.05, 0) is 56.1 Å². The molecule has 2 nitrogen and oxygen atoms in total. The lowest BCUT2D eigenvalue weighted by Gasteiger charge is -2.41. The van der Waals surface area contributed by atoms with E-state index < -0.39 is 0 Å². The third-order valence-electron chi connectivity index (χ3n) is 3.85. The first kappa shape index (κ1) is 14.1. The van der Waals surface area contributed by atoms with Crippen molar-refractivity contribution in [3.05, 3.63) is 33.8 Å². The van der Waals surface area contributed by atoms with Gasteiger partial charge in [0.25, 0.3) is 0 Å². The molecule has 100 valence electrons. The molecule has 1 saturated heterocycles. The van der Waals surface area contributed by atoms with Crippen LogP contribution in [0.1, 0.15) is 31.4 Å². The minimum absolute atomic E-state index is 0.378. The Balaban J connectivity index is 2.32. The predicted molar refractivity (Wildman–Crippen MR) is 78.2 cm³/mol. The lowest BCUT2D eigenvalue weighted by atomic mass is 9.84. The van der Waals surface area contributed by atoms with E-state index in [4.69, 9.17) is 28.9 Å². The van der Waals surface area contributed by atoms with Crippen LogP contribution < -0.4 is 5.73 Å². The van der Waals surface area contributed by atoms with Gasteiger partial charge in [0, 0.05) is 6.04 Å². The molecule has 2 atom stereocenters. The van der Waals surface area contributed by atoms with Crippen molar-refractivity contribution in [2.75, 3.05) is 19.6 Å². The number of halogens is 2. The summed E-state index contributed by atoms with van der Waals surface area (Å²) in [6, 6.07) is 6.33. The van der Waals surface area contributed by atoms with Gasteiger partial charge in [0.05, 0.1) is 10.0 Å². The molecular formula is C14H20Cl2N2. The minimum atomic E-state index is 0.378. The summed E-state index contributed by atoms with van der Waals surface area (Å²) in [5.41, 5.74) is 7.17. The summed E-state index contributed by atoms with van der Waals surface area (Å²) in [5, 5.41) is 1.25. The van der Waals surface area contributed by atoms with Gasteiger partial charge in [-0.2, -0.15) is 0 Å². The molecule has 1 fully saturated rings. The standard InChI is InChI=1S/C14H20Cl2N2/c1-2-18-7-3-4-11(9-17)14(18)10-5-6-12(15)13(16)8-10/h5-6,8,11,14H,2-4,7,9,17H2,1H3. The van der Waals surface area contributed by atoms with Crippen LogP contribution in [0.2, 0.25) is 10.0 Å². The van der Waals surface area contributed by atoms with E-state index in [0.29, 0.717) is 22.0 Å². The molecule has 0 saturated carbocycles. The van der Waals surface area contributed by atoms with Crippen molar-refractivity contribution < 1.29 is 0 Å². The Morgan fingerprint density at radius 3 is 2.72 bits per heavy atom. The van der Waals surface area contributed by atoms with E-state index in [9.17, 15) is 0 Å². The van der Waals surface area contributed by atoms with Gasteiger partial charge in [0.2, 0.25) is 0 Å². The van der Waals surface area contributed by atoms with Crippen LogP contribution in [0.4, 0.5) is 0 Å². The number of likely N-dealkylation sites (tertiary alicyclic amines) is 1. The highest BCUT2D eigenvalue weighted by Gasteiger charge is 2.31. The summed E-state index contributed by atoms with van der Waals surface area (Å²) in [6.07, 6.45) is 2.42. The SMILES string of the molecule is CCN1CCCC(CN)C1c1ccc(Cl)c(Cl)c1. The Kier molecular flexibility index (Phi) is 4.91. The lowest BCUT2D eigenvalue weighted by molar-refractivity contribution is 0.102. The second kappa shape index (κ2) is 6.25. The average molecular weight is 287 g/mol. The third-order valence-corrected chi connectivity index (χ3v) is 4.59. The predicted octanol–water partition coefficient (Wildman–Crippen LogP) is 3.73. The van der Waals surface area contributed by atoms with Gasteiger partial charge in [-0.3, -0.25) is 4.90 Å². The molecule has 0 amide bonds. The molecular weight excluding hydrogens is 267 g/mol. The highest BCUT2D eigenvalue weighted by Crippen LogP contribution is 2.37. The maximum atomic E-state index is 6.13. The average Bonchev–Trinajstić information content (AvgIpc) is 2.41. The van der Waals surface area contributed by atoms with Crippen LogP contribution in [0.3, 0.4) is 0 Å². The third kappa shape index (κ3) is 2.83. The zero-order valence-electron chi connectivity index (χ0n) is 10.7. The molecule has 2 unspecified atom stereocenters. The fraction of sp³-hybridized carbons (Fsp3) is 0.571. The Morgan fingerprint density at radius 2 is 2.11 bits per heavy atom. The van der Waals surface area contributed by atoms with Gasteiger partial charge in [-0.1, -0.05) is 36.2 Å². The fourth-order valence-electron chi connectivity index (χ4n) is 2.93. The highest BCUT2D eigenvalue weighted by atomic mass is 35.5. The molecule has 1 aliphatic rings. The first-order valence-electron chi connectivity index (χ1n) is 6.56. The van der Waals surface area contributed by atoms with Crippen molar-refractivity contribution in [2.45, 2.75) is 25.8 Å². The Morgan fingerprint density at radius 1 is 1.33 bits per heavy atom. The van der Waals surface area contributed by atoms with Crippen molar-refractivity contribution in [3.8, 4) is 0 Å².